The third kappa shape index (κ3) is 8.49. The van der Waals surface area contributed by atoms with Crippen LogP contribution in [0.4, 0.5) is 0 Å². The summed E-state index contributed by atoms with van der Waals surface area (Å²) in [6.45, 7) is 7.50. The van der Waals surface area contributed by atoms with Crippen LogP contribution >= 0.6 is 0 Å². The topological polar surface area (TPSA) is 79.9 Å². The van der Waals surface area contributed by atoms with Gasteiger partial charge in [-0.1, -0.05) is 13.8 Å². The SMILES string of the molecule is COCCC(C)(O)CN=C(N)NCC(C)C. The highest BCUT2D eigenvalue weighted by Crippen LogP contribution is 2.09. The first-order valence-corrected chi connectivity index (χ1v) is 5.62. The van der Waals surface area contributed by atoms with E-state index in [-0.39, 0.29) is 6.54 Å². The number of aliphatic imine (C=N–C) groups is 1. The number of nitrogens with one attached hydrogen (secondary N) is 1. The number of ether oxygens (including phenoxy) is 1. The van der Waals surface area contributed by atoms with Crippen LogP contribution < -0.4 is 11.1 Å². The molecule has 1 atom stereocenters. The van der Waals surface area contributed by atoms with E-state index in [4.69, 9.17) is 10.5 Å². The van der Waals surface area contributed by atoms with Gasteiger partial charge in [0.2, 0.25) is 0 Å². The molecule has 0 heterocycles. The number of nitrogens with zero attached hydrogens (tertiary/aromatic N) is 1. The molecular formula is C11H25N3O2. The number of methoxy groups -OCH3 is 1. The molecule has 0 amide bonds. The van der Waals surface area contributed by atoms with Gasteiger partial charge in [-0.3, -0.25) is 4.99 Å². The second kappa shape index (κ2) is 7.46. The molecule has 96 valence electrons. The van der Waals surface area contributed by atoms with Gasteiger partial charge in [-0.25, -0.2) is 0 Å². The summed E-state index contributed by atoms with van der Waals surface area (Å²) >= 11 is 0. The van der Waals surface area contributed by atoms with Crippen molar-refractivity contribution < 1.29 is 9.84 Å². The third-order valence-electron chi connectivity index (χ3n) is 2.13. The molecule has 0 saturated heterocycles. The highest BCUT2D eigenvalue weighted by atomic mass is 16.5. The molecule has 16 heavy (non-hydrogen) atoms. The predicted octanol–water partition coefficient (Wildman–Crippen LogP) is 0.334. The first kappa shape index (κ1) is 15.2. The van der Waals surface area contributed by atoms with Gasteiger partial charge >= 0.3 is 0 Å². The fraction of sp³-hybridized carbons (Fsp3) is 0.909. The van der Waals surface area contributed by atoms with Crippen LogP contribution in [0.15, 0.2) is 4.99 Å². The fourth-order valence-electron chi connectivity index (χ4n) is 1.02. The van der Waals surface area contributed by atoms with Gasteiger partial charge in [-0.05, 0) is 12.8 Å². The number of guanidine groups is 1. The van der Waals surface area contributed by atoms with Gasteiger partial charge in [0, 0.05) is 26.7 Å². The van der Waals surface area contributed by atoms with Crippen LogP contribution in [0.25, 0.3) is 0 Å². The van der Waals surface area contributed by atoms with Crippen molar-refractivity contribution in [3.8, 4) is 0 Å². The van der Waals surface area contributed by atoms with Crippen molar-refractivity contribution in [2.45, 2.75) is 32.8 Å². The van der Waals surface area contributed by atoms with E-state index >= 15 is 0 Å². The Labute approximate surface area is 98.1 Å². The Bertz CT molecular complexity index is 215. The van der Waals surface area contributed by atoms with Crippen molar-refractivity contribution in [1.82, 2.24) is 5.32 Å². The lowest BCUT2D eigenvalue weighted by Crippen LogP contribution is -2.37. The molecule has 0 saturated carbocycles. The maximum atomic E-state index is 9.90. The van der Waals surface area contributed by atoms with Crippen LogP contribution in [-0.2, 0) is 4.74 Å². The zero-order valence-electron chi connectivity index (χ0n) is 10.8. The van der Waals surface area contributed by atoms with Gasteiger partial charge in [-0.15, -0.1) is 0 Å². The summed E-state index contributed by atoms with van der Waals surface area (Å²) in [5.74, 6) is 0.897. The summed E-state index contributed by atoms with van der Waals surface area (Å²) in [4.78, 5) is 4.10. The van der Waals surface area contributed by atoms with E-state index in [0.29, 0.717) is 24.9 Å². The Kier molecular flexibility index (Phi) is 7.08. The molecule has 0 aliphatic carbocycles. The minimum Gasteiger partial charge on any atom is -0.388 e. The molecule has 0 aromatic carbocycles. The van der Waals surface area contributed by atoms with Crippen molar-refractivity contribution >= 4 is 5.96 Å². The van der Waals surface area contributed by atoms with Crippen molar-refractivity contribution in [3.05, 3.63) is 0 Å². The summed E-state index contributed by atoms with van der Waals surface area (Å²) in [7, 11) is 1.61. The molecule has 0 aromatic heterocycles. The van der Waals surface area contributed by atoms with Gasteiger partial charge in [0.1, 0.15) is 0 Å². The second-order valence-corrected chi connectivity index (χ2v) is 4.72. The summed E-state index contributed by atoms with van der Waals surface area (Å²) < 4.78 is 4.91. The van der Waals surface area contributed by atoms with E-state index in [1.54, 1.807) is 14.0 Å². The lowest BCUT2D eigenvalue weighted by atomic mass is 10.0. The van der Waals surface area contributed by atoms with Gasteiger partial charge < -0.3 is 20.9 Å². The van der Waals surface area contributed by atoms with E-state index in [0.717, 1.165) is 6.54 Å². The number of aliphatic hydroxyl groups is 1. The monoisotopic (exact) mass is 231 g/mol. The lowest BCUT2D eigenvalue weighted by Gasteiger charge is -2.20. The van der Waals surface area contributed by atoms with Crippen molar-refractivity contribution in [1.29, 1.82) is 0 Å². The number of hydrogen-bond acceptors (Lipinski definition) is 3. The van der Waals surface area contributed by atoms with Gasteiger partial charge in [-0.2, -0.15) is 0 Å². The molecule has 0 bridgehead atoms. The van der Waals surface area contributed by atoms with E-state index in [1.165, 1.54) is 0 Å². The van der Waals surface area contributed by atoms with Gasteiger partial charge in [0.25, 0.3) is 0 Å². The Morgan fingerprint density at radius 3 is 2.69 bits per heavy atom. The highest BCUT2D eigenvalue weighted by Gasteiger charge is 2.19. The Balaban J connectivity index is 3.93. The molecule has 0 aliphatic heterocycles. The molecule has 0 aromatic rings. The largest absolute Gasteiger partial charge is 0.388 e. The standard InChI is InChI=1S/C11H25N3O2/c1-9(2)7-13-10(12)14-8-11(3,15)5-6-16-4/h9,15H,5-8H2,1-4H3,(H3,12,13,14). The Morgan fingerprint density at radius 2 is 2.19 bits per heavy atom. The van der Waals surface area contributed by atoms with E-state index < -0.39 is 5.60 Å². The second-order valence-electron chi connectivity index (χ2n) is 4.72. The zero-order chi connectivity index (χ0) is 12.6. The van der Waals surface area contributed by atoms with Crippen molar-refractivity contribution in [2.75, 3.05) is 26.8 Å². The van der Waals surface area contributed by atoms with Gasteiger partial charge in [0.15, 0.2) is 5.96 Å². The summed E-state index contributed by atoms with van der Waals surface area (Å²) in [6.07, 6.45) is 0.546. The first-order chi connectivity index (χ1) is 7.37. The molecule has 0 rings (SSSR count). The third-order valence-corrected chi connectivity index (χ3v) is 2.13. The van der Waals surface area contributed by atoms with Crippen LogP contribution in [0.5, 0.6) is 0 Å². The fourth-order valence-corrected chi connectivity index (χ4v) is 1.02. The van der Waals surface area contributed by atoms with Gasteiger partial charge in [0.05, 0.1) is 12.1 Å². The molecule has 0 spiro atoms. The molecule has 5 nitrogen and oxygen atoms in total. The molecule has 5 heteroatoms. The Hall–Kier alpha value is -0.810. The normalized spacial score (nSPS) is 16.2. The predicted molar refractivity (Wildman–Crippen MR) is 66.4 cm³/mol. The average molecular weight is 231 g/mol. The maximum absolute atomic E-state index is 9.90. The van der Waals surface area contributed by atoms with Crippen molar-refractivity contribution in [3.63, 3.8) is 0 Å². The van der Waals surface area contributed by atoms with E-state index in [2.05, 4.69) is 24.2 Å². The van der Waals surface area contributed by atoms with Crippen molar-refractivity contribution in [2.24, 2.45) is 16.6 Å². The zero-order valence-corrected chi connectivity index (χ0v) is 10.8. The van der Waals surface area contributed by atoms with Crippen LogP contribution in [0, 0.1) is 5.92 Å². The molecular weight excluding hydrogens is 206 g/mol. The number of rotatable bonds is 7. The van der Waals surface area contributed by atoms with E-state index in [1.807, 2.05) is 0 Å². The number of hydrogen-bond donors (Lipinski definition) is 3. The van der Waals surface area contributed by atoms with Crippen LogP contribution in [0.3, 0.4) is 0 Å². The molecule has 0 radical (unpaired) electrons. The lowest BCUT2D eigenvalue weighted by molar-refractivity contribution is 0.0326. The average Bonchev–Trinajstić information content (AvgIpc) is 2.21. The number of nitrogens with two attached hydrogens (primary N) is 1. The molecule has 1 unspecified atom stereocenters. The minimum absolute atomic E-state index is 0.285. The summed E-state index contributed by atoms with van der Waals surface area (Å²) in [5, 5.41) is 12.9. The van der Waals surface area contributed by atoms with Crippen LogP contribution in [-0.4, -0.2) is 43.5 Å². The Morgan fingerprint density at radius 1 is 1.56 bits per heavy atom. The smallest absolute Gasteiger partial charge is 0.188 e. The maximum Gasteiger partial charge on any atom is 0.188 e. The quantitative estimate of drug-likeness (QED) is 0.436. The van der Waals surface area contributed by atoms with E-state index in [9.17, 15) is 5.11 Å². The van der Waals surface area contributed by atoms with Crippen LogP contribution in [0.2, 0.25) is 0 Å². The summed E-state index contributed by atoms with van der Waals surface area (Å²) in [6, 6.07) is 0. The highest BCUT2D eigenvalue weighted by molar-refractivity contribution is 5.77. The molecule has 0 fully saturated rings. The molecule has 4 N–H and O–H groups in total. The summed E-state index contributed by atoms with van der Waals surface area (Å²) in [5.41, 5.74) is 4.79. The first-order valence-electron chi connectivity index (χ1n) is 5.62. The molecule has 0 aliphatic rings. The van der Waals surface area contributed by atoms with Crippen LogP contribution in [0.1, 0.15) is 27.2 Å². The minimum atomic E-state index is -0.861.